The van der Waals surface area contributed by atoms with E-state index in [2.05, 4.69) is 4.98 Å². The molecular formula is C10H12ClNO2. The van der Waals surface area contributed by atoms with Gasteiger partial charge in [-0.05, 0) is 18.9 Å². The van der Waals surface area contributed by atoms with Crippen molar-refractivity contribution < 1.29 is 9.47 Å². The van der Waals surface area contributed by atoms with Crippen LogP contribution >= 0.6 is 11.6 Å². The molecule has 0 N–H and O–H groups in total. The van der Waals surface area contributed by atoms with Gasteiger partial charge in [0.25, 0.3) is 0 Å². The van der Waals surface area contributed by atoms with Crippen LogP contribution in [0.2, 0.25) is 5.15 Å². The Morgan fingerprint density at radius 2 is 2.43 bits per heavy atom. The van der Waals surface area contributed by atoms with Crippen LogP contribution in [0.5, 0.6) is 5.75 Å². The minimum atomic E-state index is -0.123. The molecule has 1 atom stereocenters. The van der Waals surface area contributed by atoms with Crippen LogP contribution in [-0.2, 0) is 4.74 Å². The summed E-state index contributed by atoms with van der Waals surface area (Å²) < 4.78 is 11.0. The molecule has 1 saturated heterocycles. The zero-order valence-corrected chi connectivity index (χ0v) is 8.54. The molecule has 0 saturated carbocycles. The molecule has 2 rings (SSSR count). The molecule has 0 amide bonds. The average molecular weight is 214 g/mol. The molecule has 4 heteroatoms. The summed E-state index contributed by atoms with van der Waals surface area (Å²) in [6, 6.07) is 3.48. The summed E-state index contributed by atoms with van der Waals surface area (Å²) >= 11 is 5.73. The second-order valence-corrected chi connectivity index (χ2v) is 3.62. The van der Waals surface area contributed by atoms with E-state index in [1.807, 2.05) is 0 Å². The van der Waals surface area contributed by atoms with Crippen LogP contribution in [0.3, 0.4) is 0 Å². The van der Waals surface area contributed by atoms with Crippen LogP contribution in [0.1, 0.15) is 19.3 Å². The van der Waals surface area contributed by atoms with E-state index in [0.29, 0.717) is 5.15 Å². The minimum Gasteiger partial charge on any atom is -0.465 e. The van der Waals surface area contributed by atoms with Gasteiger partial charge < -0.3 is 9.47 Å². The highest BCUT2D eigenvalue weighted by Gasteiger charge is 2.14. The minimum absolute atomic E-state index is 0.123. The fourth-order valence-electron chi connectivity index (χ4n) is 1.41. The van der Waals surface area contributed by atoms with E-state index in [9.17, 15) is 0 Å². The van der Waals surface area contributed by atoms with Crippen LogP contribution in [0.25, 0.3) is 0 Å². The zero-order valence-electron chi connectivity index (χ0n) is 7.78. The van der Waals surface area contributed by atoms with Crippen LogP contribution in [-0.4, -0.2) is 17.9 Å². The first-order chi connectivity index (χ1) is 6.84. The van der Waals surface area contributed by atoms with E-state index in [1.54, 1.807) is 18.3 Å². The zero-order chi connectivity index (χ0) is 9.80. The first-order valence-electron chi connectivity index (χ1n) is 4.74. The van der Waals surface area contributed by atoms with E-state index in [4.69, 9.17) is 21.1 Å². The van der Waals surface area contributed by atoms with Gasteiger partial charge >= 0.3 is 0 Å². The second-order valence-electron chi connectivity index (χ2n) is 3.23. The van der Waals surface area contributed by atoms with Gasteiger partial charge in [0.05, 0.1) is 6.61 Å². The SMILES string of the molecule is Clc1cc(OC2CCCCO2)ccn1. The molecule has 0 spiro atoms. The molecule has 0 aliphatic carbocycles. The van der Waals surface area contributed by atoms with Gasteiger partial charge in [0.1, 0.15) is 10.9 Å². The number of nitrogens with zero attached hydrogens (tertiary/aromatic N) is 1. The van der Waals surface area contributed by atoms with Crippen molar-refractivity contribution in [2.75, 3.05) is 6.61 Å². The van der Waals surface area contributed by atoms with Crippen molar-refractivity contribution in [1.29, 1.82) is 0 Å². The van der Waals surface area contributed by atoms with Crippen molar-refractivity contribution in [3.63, 3.8) is 0 Å². The van der Waals surface area contributed by atoms with Crippen LogP contribution in [0.15, 0.2) is 18.3 Å². The van der Waals surface area contributed by atoms with Gasteiger partial charge in [-0.15, -0.1) is 0 Å². The van der Waals surface area contributed by atoms with Crippen LogP contribution in [0, 0.1) is 0 Å². The molecular weight excluding hydrogens is 202 g/mol. The van der Waals surface area contributed by atoms with E-state index < -0.39 is 0 Å². The van der Waals surface area contributed by atoms with E-state index in [1.165, 1.54) is 0 Å². The summed E-state index contributed by atoms with van der Waals surface area (Å²) in [7, 11) is 0. The molecule has 1 aliphatic heterocycles. The van der Waals surface area contributed by atoms with Crippen molar-refractivity contribution in [3.8, 4) is 5.75 Å². The predicted molar refractivity (Wildman–Crippen MR) is 53.5 cm³/mol. The number of hydrogen-bond donors (Lipinski definition) is 0. The molecule has 1 aromatic heterocycles. The van der Waals surface area contributed by atoms with Crippen LogP contribution in [0.4, 0.5) is 0 Å². The fraction of sp³-hybridized carbons (Fsp3) is 0.500. The number of hydrogen-bond acceptors (Lipinski definition) is 3. The van der Waals surface area contributed by atoms with Crippen molar-refractivity contribution in [2.45, 2.75) is 25.6 Å². The third-order valence-electron chi connectivity index (χ3n) is 2.10. The molecule has 1 aromatic rings. The molecule has 1 aliphatic rings. The Morgan fingerprint density at radius 1 is 1.50 bits per heavy atom. The Balaban J connectivity index is 1.95. The third-order valence-corrected chi connectivity index (χ3v) is 2.31. The van der Waals surface area contributed by atoms with Crippen molar-refractivity contribution in [2.24, 2.45) is 0 Å². The summed E-state index contributed by atoms with van der Waals surface area (Å²) in [4.78, 5) is 3.88. The van der Waals surface area contributed by atoms with Gasteiger partial charge in [0.2, 0.25) is 0 Å². The fourth-order valence-corrected chi connectivity index (χ4v) is 1.58. The van der Waals surface area contributed by atoms with Gasteiger partial charge in [-0.2, -0.15) is 0 Å². The summed E-state index contributed by atoms with van der Waals surface area (Å²) in [5.74, 6) is 0.719. The lowest BCUT2D eigenvalue weighted by molar-refractivity contribution is -0.105. The molecule has 14 heavy (non-hydrogen) atoms. The molecule has 3 nitrogen and oxygen atoms in total. The summed E-state index contributed by atoms with van der Waals surface area (Å²) in [6.45, 7) is 0.781. The number of ether oxygens (including phenoxy) is 2. The first kappa shape index (κ1) is 9.74. The highest BCUT2D eigenvalue weighted by molar-refractivity contribution is 6.29. The second kappa shape index (κ2) is 4.62. The number of aromatic nitrogens is 1. The number of halogens is 1. The molecule has 2 heterocycles. The maximum Gasteiger partial charge on any atom is 0.199 e. The largest absolute Gasteiger partial charge is 0.465 e. The monoisotopic (exact) mass is 213 g/mol. The molecule has 1 fully saturated rings. The van der Waals surface area contributed by atoms with Crippen molar-refractivity contribution in [1.82, 2.24) is 4.98 Å². The molecule has 0 bridgehead atoms. The first-order valence-corrected chi connectivity index (χ1v) is 5.12. The molecule has 0 aromatic carbocycles. The van der Waals surface area contributed by atoms with E-state index >= 15 is 0 Å². The smallest absolute Gasteiger partial charge is 0.199 e. The maximum absolute atomic E-state index is 5.73. The quantitative estimate of drug-likeness (QED) is 0.708. The van der Waals surface area contributed by atoms with Gasteiger partial charge in [0, 0.05) is 18.7 Å². The summed E-state index contributed by atoms with van der Waals surface area (Å²) in [5.41, 5.74) is 0. The Kier molecular flexibility index (Phi) is 3.22. The molecule has 1 unspecified atom stereocenters. The lowest BCUT2D eigenvalue weighted by Crippen LogP contribution is -2.24. The molecule has 76 valence electrons. The summed E-state index contributed by atoms with van der Waals surface area (Å²) in [5, 5.41) is 0.443. The maximum atomic E-state index is 5.73. The highest BCUT2D eigenvalue weighted by atomic mass is 35.5. The van der Waals surface area contributed by atoms with Gasteiger partial charge in [-0.3, -0.25) is 0 Å². The lowest BCUT2D eigenvalue weighted by atomic mass is 10.2. The van der Waals surface area contributed by atoms with E-state index in [-0.39, 0.29) is 6.29 Å². The third kappa shape index (κ3) is 2.59. The predicted octanol–water partition coefficient (Wildman–Crippen LogP) is 2.64. The summed E-state index contributed by atoms with van der Waals surface area (Å²) in [6.07, 6.45) is 4.73. The Bertz CT molecular complexity index is 300. The Labute approximate surface area is 88.0 Å². The van der Waals surface area contributed by atoms with Gasteiger partial charge in [-0.1, -0.05) is 11.6 Å². The van der Waals surface area contributed by atoms with Crippen LogP contribution < -0.4 is 4.74 Å². The highest BCUT2D eigenvalue weighted by Crippen LogP contribution is 2.20. The van der Waals surface area contributed by atoms with Gasteiger partial charge in [-0.25, -0.2) is 4.98 Å². The Morgan fingerprint density at radius 3 is 3.14 bits per heavy atom. The average Bonchev–Trinajstić information content (AvgIpc) is 2.19. The van der Waals surface area contributed by atoms with Crippen molar-refractivity contribution >= 4 is 11.6 Å². The normalized spacial score (nSPS) is 21.9. The standard InChI is InChI=1S/C10H12ClNO2/c11-9-7-8(4-5-12-9)14-10-3-1-2-6-13-10/h4-5,7,10H,1-3,6H2. The lowest BCUT2D eigenvalue weighted by Gasteiger charge is -2.23. The molecule has 0 radical (unpaired) electrons. The van der Waals surface area contributed by atoms with E-state index in [0.717, 1.165) is 31.6 Å². The number of rotatable bonds is 2. The van der Waals surface area contributed by atoms with Gasteiger partial charge in [0.15, 0.2) is 6.29 Å². The number of pyridine rings is 1. The Hall–Kier alpha value is -0.800. The van der Waals surface area contributed by atoms with Crippen molar-refractivity contribution in [3.05, 3.63) is 23.5 Å². The topological polar surface area (TPSA) is 31.4 Å².